The first-order chi connectivity index (χ1) is 17.0. The highest BCUT2D eigenvalue weighted by Crippen LogP contribution is 2.42. The number of rotatable bonds is 11. The zero-order chi connectivity index (χ0) is 24.3. The molecule has 0 bridgehead atoms. The summed E-state index contributed by atoms with van der Waals surface area (Å²) in [6, 6.07) is 20.9. The molecule has 182 valence electrons. The van der Waals surface area contributed by atoms with Crippen LogP contribution in [-0.4, -0.2) is 43.4 Å². The molecule has 0 aliphatic heterocycles. The zero-order valence-corrected chi connectivity index (χ0v) is 20.0. The molecule has 1 heterocycles. The third-order valence-electron chi connectivity index (χ3n) is 6.00. The monoisotopic (exact) mass is 492 g/mol. The molecule has 35 heavy (non-hydrogen) atoms. The number of fused-ring (bicyclic) bond motifs is 1. The third-order valence-corrected chi connectivity index (χ3v) is 7.40. The minimum Gasteiger partial charge on any atom is -0.492 e. The number of hydrogen-bond acceptors (Lipinski definition) is 6. The lowest BCUT2D eigenvalue weighted by atomic mass is 10.1. The quantitative estimate of drug-likeness (QED) is 0.236. The maximum Gasteiger partial charge on any atom is 0.261 e. The van der Waals surface area contributed by atoms with E-state index in [-0.39, 0.29) is 4.90 Å². The molecule has 4 aromatic rings. The van der Waals surface area contributed by atoms with E-state index < -0.39 is 16.1 Å². The molecule has 1 fully saturated rings. The fourth-order valence-electron chi connectivity index (χ4n) is 4.01. The van der Waals surface area contributed by atoms with Crippen LogP contribution >= 0.6 is 0 Å². The van der Waals surface area contributed by atoms with Crippen LogP contribution in [0.4, 0.5) is 5.69 Å². The fraction of sp³-hybridized carbons (Fsp3) is 0.269. The lowest BCUT2D eigenvalue weighted by Gasteiger charge is -2.15. The van der Waals surface area contributed by atoms with E-state index in [0.717, 1.165) is 16.7 Å². The van der Waals surface area contributed by atoms with Crippen LogP contribution in [0.5, 0.6) is 5.75 Å². The van der Waals surface area contributed by atoms with Crippen LogP contribution in [0, 0.1) is 0 Å². The molecule has 8 nitrogen and oxygen atoms in total. The van der Waals surface area contributed by atoms with Crippen molar-refractivity contribution in [2.75, 3.05) is 24.4 Å². The van der Waals surface area contributed by atoms with Crippen molar-refractivity contribution >= 4 is 26.6 Å². The standard InChI is InChI=1S/C26H28N4O4S/c31-25(19-5-4-6-20(15-19)30-35(32,33)22-7-2-1-3-8-22)17-27-13-14-34-21-11-12-23-24(16-21)28-29-26(23)18-9-10-18/h1-8,11-12,15-16,18,25,27,30-31H,9-10,13-14,17H2,(H,28,29)/t25-/m0/s1. The Kier molecular flexibility index (Phi) is 6.72. The van der Waals surface area contributed by atoms with Crippen LogP contribution in [0.2, 0.25) is 0 Å². The highest BCUT2D eigenvalue weighted by molar-refractivity contribution is 7.92. The lowest BCUT2D eigenvalue weighted by Crippen LogP contribution is -2.26. The second kappa shape index (κ2) is 10.1. The van der Waals surface area contributed by atoms with Gasteiger partial charge < -0.3 is 15.2 Å². The van der Waals surface area contributed by atoms with Crippen molar-refractivity contribution in [2.24, 2.45) is 0 Å². The van der Waals surface area contributed by atoms with Crippen molar-refractivity contribution in [2.45, 2.75) is 29.8 Å². The van der Waals surface area contributed by atoms with Gasteiger partial charge in [0, 0.05) is 41.8 Å². The van der Waals surface area contributed by atoms with E-state index in [1.807, 2.05) is 12.1 Å². The summed E-state index contributed by atoms with van der Waals surface area (Å²) in [6.07, 6.45) is 1.65. The van der Waals surface area contributed by atoms with Crippen LogP contribution in [0.15, 0.2) is 77.7 Å². The van der Waals surface area contributed by atoms with Crippen molar-refractivity contribution in [3.63, 3.8) is 0 Å². The first-order valence-corrected chi connectivity index (χ1v) is 13.2. The van der Waals surface area contributed by atoms with Gasteiger partial charge in [0.05, 0.1) is 16.5 Å². The number of sulfonamides is 1. The molecule has 3 aromatic carbocycles. The number of aliphatic hydroxyl groups excluding tert-OH is 1. The van der Waals surface area contributed by atoms with Gasteiger partial charge in [0.15, 0.2) is 0 Å². The van der Waals surface area contributed by atoms with E-state index >= 15 is 0 Å². The van der Waals surface area contributed by atoms with Gasteiger partial charge in [0.2, 0.25) is 0 Å². The van der Waals surface area contributed by atoms with Gasteiger partial charge >= 0.3 is 0 Å². The van der Waals surface area contributed by atoms with E-state index in [1.165, 1.54) is 30.7 Å². The first-order valence-electron chi connectivity index (χ1n) is 11.7. The zero-order valence-electron chi connectivity index (χ0n) is 19.1. The molecular weight excluding hydrogens is 464 g/mol. The summed E-state index contributed by atoms with van der Waals surface area (Å²) < 4.78 is 33.5. The molecule has 1 aromatic heterocycles. The Balaban J connectivity index is 1.10. The molecule has 0 unspecified atom stereocenters. The van der Waals surface area contributed by atoms with Gasteiger partial charge in [-0.25, -0.2) is 8.42 Å². The Morgan fingerprint density at radius 3 is 2.69 bits per heavy atom. The predicted molar refractivity (Wildman–Crippen MR) is 135 cm³/mol. The average Bonchev–Trinajstić information content (AvgIpc) is 3.63. The molecule has 1 aliphatic carbocycles. The number of benzene rings is 3. The largest absolute Gasteiger partial charge is 0.492 e. The van der Waals surface area contributed by atoms with Gasteiger partial charge in [-0.3, -0.25) is 9.82 Å². The summed E-state index contributed by atoms with van der Waals surface area (Å²) in [5.41, 5.74) is 3.14. The van der Waals surface area contributed by atoms with Crippen LogP contribution in [0.1, 0.15) is 36.1 Å². The highest BCUT2D eigenvalue weighted by atomic mass is 32.2. The molecule has 9 heteroatoms. The van der Waals surface area contributed by atoms with E-state index in [4.69, 9.17) is 4.74 Å². The van der Waals surface area contributed by atoms with Gasteiger partial charge in [-0.15, -0.1) is 0 Å². The summed E-state index contributed by atoms with van der Waals surface area (Å²) >= 11 is 0. The Hall–Kier alpha value is -3.40. The van der Waals surface area contributed by atoms with Gasteiger partial charge in [-0.2, -0.15) is 5.10 Å². The lowest BCUT2D eigenvalue weighted by molar-refractivity contribution is 0.172. The van der Waals surface area contributed by atoms with Crippen LogP contribution < -0.4 is 14.8 Å². The molecular formula is C26H28N4O4S. The van der Waals surface area contributed by atoms with E-state index in [2.05, 4.69) is 26.3 Å². The Morgan fingerprint density at radius 1 is 1.06 bits per heavy atom. The van der Waals surface area contributed by atoms with Gasteiger partial charge in [0.25, 0.3) is 10.0 Å². The summed E-state index contributed by atoms with van der Waals surface area (Å²) in [5.74, 6) is 1.37. The number of nitrogens with one attached hydrogen (secondary N) is 3. The molecule has 1 saturated carbocycles. The Morgan fingerprint density at radius 2 is 1.89 bits per heavy atom. The summed E-state index contributed by atoms with van der Waals surface area (Å²) in [7, 11) is -3.69. The number of hydrogen-bond donors (Lipinski definition) is 4. The minimum absolute atomic E-state index is 0.183. The van der Waals surface area contributed by atoms with Crippen LogP contribution in [0.25, 0.3) is 10.9 Å². The van der Waals surface area contributed by atoms with Gasteiger partial charge in [-0.05, 0) is 54.8 Å². The SMILES string of the molecule is O=S(=O)(Nc1cccc([C@@H](O)CNCCOc2ccc3c(C4CC4)[nH]nc3c2)c1)c1ccccc1. The third kappa shape index (κ3) is 5.64. The van der Waals surface area contributed by atoms with Crippen molar-refractivity contribution in [3.05, 3.63) is 84.1 Å². The molecule has 0 saturated heterocycles. The second-order valence-electron chi connectivity index (χ2n) is 8.70. The molecule has 1 aliphatic rings. The van der Waals surface area contributed by atoms with E-state index in [0.29, 0.717) is 36.9 Å². The molecule has 0 radical (unpaired) electrons. The predicted octanol–water partition coefficient (Wildman–Crippen LogP) is 3.94. The van der Waals surface area contributed by atoms with Crippen molar-refractivity contribution in [1.82, 2.24) is 15.5 Å². The first kappa shape index (κ1) is 23.3. The van der Waals surface area contributed by atoms with E-state index in [1.54, 1.807) is 42.5 Å². The van der Waals surface area contributed by atoms with Crippen LogP contribution in [-0.2, 0) is 10.0 Å². The number of H-pyrrole nitrogens is 1. The highest BCUT2D eigenvalue weighted by Gasteiger charge is 2.27. The number of nitrogens with zero attached hydrogens (tertiary/aromatic N) is 1. The number of aromatic nitrogens is 2. The minimum atomic E-state index is -3.69. The smallest absolute Gasteiger partial charge is 0.261 e. The summed E-state index contributed by atoms with van der Waals surface area (Å²) in [6.45, 7) is 1.29. The van der Waals surface area contributed by atoms with Crippen molar-refractivity contribution < 1.29 is 18.3 Å². The normalized spacial score (nSPS) is 14.7. The molecule has 1 atom stereocenters. The maximum atomic E-state index is 12.5. The number of aromatic amines is 1. The summed E-state index contributed by atoms with van der Waals surface area (Å²) in [5, 5.41) is 22.4. The Bertz CT molecular complexity index is 1400. The second-order valence-corrected chi connectivity index (χ2v) is 10.4. The number of aliphatic hydroxyl groups is 1. The average molecular weight is 493 g/mol. The topological polar surface area (TPSA) is 116 Å². The molecule has 0 amide bonds. The molecule has 0 spiro atoms. The summed E-state index contributed by atoms with van der Waals surface area (Å²) in [4.78, 5) is 0.183. The number of ether oxygens (including phenoxy) is 1. The van der Waals surface area contributed by atoms with Crippen molar-refractivity contribution in [3.8, 4) is 5.75 Å². The fourth-order valence-corrected chi connectivity index (χ4v) is 5.08. The number of anilines is 1. The molecule has 5 rings (SSSR count). The Labute approximate surface area is 204 Å². The maximum absolute atomic E-state index is 12.5. The molecule has 4 N–H and O–H groups in total. The van der Waals surface area contributed by atoms with Gasteiger partial charge in [-0.1, -0.05) is 30.3 Å². The van der Waals surface area contributed by atoms with Crippen LogP contribution in [0.3, 0.4) is 0 Å². The van der Waals surface area contributed by atoms with Gasteiger partial charge in [0.1, 0.15) is 12.4 Å². The van der Waals surface area contributed by atoms with Crippen molar-refractivity contribution in [1.29, 1.82) is 0 Å². The van der Waals surface area contributed by atoms with E-state index in [9.17, 15) is 13.5 Å².